The number of unbranched alkanes of at least 4 members (excludes halogenated alkanes) is 1. The fourth-order valence-corrected chi connectivity index (χ4v) is 8.74. The molecule has 0 aromatic heterocycles. The maximum atomic E-state index is 2.52. The molecule has 0 atom stereocenters. The predicted molar refractivity (Wildman–Crippen MR) is 231 cm³/mol. The standard InChI is InChI=1S/C50H40BN3/c1-2-3-16-36-29-31-40(32-30-36)54-48-28-15-27-47-50(48)51(43-24-12-13-25-46(43)53(47)39-21-8-5-9-22-39)44-34-33-41(35-49(44)54)52(38-19-6-4-7-20-38)45-26-14-18-37-17-10-11-23-42(37)45/h4-15,17-35H,2-3,16H2,1H3. The minimum atomic E-state index is 0.0687. The van der Waals surface area contributed by atoms with E-state index in [-0.39, 0.29) is 6.71 Å². The molecule has 0 unspecified atom stereocenters. The highest BCUT2D eigenvalue weighted by atomic mass is 15.2. The lowest BCUT2D eigenvalue weighted by Crippen LogP contribution is -2.61. The van der Waals surface area contributed by atoms with Crippen molar-refractivity contribution in [1.82, 2.24) is 0 Å². The highest BCUT2D eigenvalue weighted by molar-refractivity contribution is 7.00. The molecule has 0 bridgehead atoms. The largest absolute Gasteiger partial charge is 0.311 e. The lowest BCUT2D eigenvalue weighted by molar-refractivity contribution is 0.795. The van der Waals surface area contributed by atoms with Gasteiger partial charge in [0, 0.05) is 50.9 Å². The zero-order chi connectivity index (χ0) is 36.0. The molecule has 2 aliphatic rings. The summed E-state index contributed by atoms with van der Waals surface area (Å²) in [6, 6.07) is 69.2. The van der Waals surface area contributed by atoms with E-state index < -0.39 is 0 Å². The highest BCUT2D eigenvalue weighted by Crippen LogP contribution is 2.46. The third-order valence-corrected chi connectivity index (χ3v) is 11.2. The van der Waals surface area contributed by atoms with Crippen LogP contribution in [0.4, 0.5) is 51.2 Å². The van der Waals surface area contributed by atoms with Crippen molar-refractivity contribution in [2.24, 2.45) is 0 Å². The van der Waals surface area contributed by atoms with Crippen LogP contribution in [0.5, 0.6) is 0 Å². The molecule has 2 aliphatic heterocycles. The molecule has 0 amide bonds. The second-order valence-corrected chi connectivity index (χ2v) is 14.4. The van der Waals surface area contributed by atoms with E-state index >= 15 is 0 Å². The van der Waals surface area contributed by atoms with Gasteiger partial charge in [0.15, 0.2) is 0 Å². The summed E-state index contributed by atoms with van der Waals surface area (Å²) in [4.78, 5) is 7.39. The van der Waals surface area contributed by atoms with Crippen LogP contribution in [0, 0.1) is 0 Å². The summed E-state index contributed by atoms with van der Waals surface area (Å²) in [6.45, 7) is 2.33. The molecular weight excluding hydrogens is 653 g/mol. The van der Waals surface area contributed by atoms with Crippen LogP contribution in [-0.2, 0) is 6.42 Å². The second-order valence-electron chi connectivity index (χ2n) is 14.4. The summed E-state index contributed by atoms with van der Waals surface area (Å²) in [5.41, 5.74) is 16.0. The molecule has 10 rings (SSSR count). The summed E-state index contributed by atoms with van der Waals surface area (Å²) in [6.07, 6.45) is 3.48. The number of hydrogen-bond donors (Lipinski definition) is 0. The van der Waals surface area contributed by atoms with Crippen molar-refractivity contribution in [1.29, 1.82) is 0 Å². The Kier molecular flexibility index (Phi) is 8.02. The van der Waals surface area contributed by atoms with E-state index in [4.69, 9.17) is 0 Å². The van der Waals surface area contributed by atoms with Crippen molar-refractivity contribution in [3.63, 3.8) is 0 Å². The van der Waals surface area contributed by atoms with Gasteiger partial charge in [-0.05, 0) is 113 Å². The lowest BCUT2D eigenvalue weighted by atomic mass is 9.33. The fraction of sp³-hybridized carbons (Fsp3) is 0.0800. The van der Waals surface area contributed by atoms with Gasteiger partial charge in [0.1, 0.15) is 0 Å². The molecule has 2 heterocycles. The molecule has 0 N–H and O–H groups in total. The van der Waals surface area contributed by atoms with Gasteiger partial charge in [0.05, 0.1) is 5.69 Å². The Labute approximate surface area is 318 Å². The Morgan fingerprint density at radius 1 is 0.481 bits per heavy atom. The minimum absolute atomic E-state index is 0.0687. The smallest absolute Gasteiger partial charge is 0.252 e. The molecule has 0 saturated carbocycles. The van der Waals surface area contributed by atoms with Gasteiger partial charge in [0.2, 0.25) is 0 Å². The Balaban J connectivity index is 1.23. The van der Waals surface area contributed by atoms with Gasteiger partial charge in [0.25, 0.3) is 6.71 Å². The van der Waals surface area contributed by atoms with Gasteiger partial charge in [-0.15, -0.1) is 0 Å². The molecule has 54 heavy (non-hydrogen) atoms. The van der Waals surface area contributed by atoms with Gasteiger partial charge in [-0.2, -0.15) is 0 Å². The molecule has 0 fully saturated rings. The monoisotopic (exact) mass is 693 g/mol. The second kappa shape index (κ2) is 13.5. The summed E-state index contributed by atoms with van der Waals surface area (Å²) >= 11 is 0. The Morgan fingerprint density at radius 2 is 1.09 bits per heavy atom. The SMILES string of the molecule is CCCCc1ccc(N2c3cc(N(c4ccccc4)c4cccc5ccccc45)ccc3B3c4ccccc4N(c4ccccc4)c4cccc2c43)cc1. The number of fused-ring (bicyclic) bond motifs is 5. The number of rotatable bonds is 8. The van der Waals surface area contributed by atoms with Crippen LogP contribution in [0.1, 0.15) is 25.3 Å². The van der Waals surface area contributed by atoms with Crippen LogP contribution in [0.25, 0.3) is 10.8 Å². The number of para-hydroxylation sites is 3. The van der Waals surface area contributed by atoms with Gasteiger partial charge in [-0.1, -0.05) is 129 Å². The summed E-state index contributed by atoms with van der Waals surface area (Å²) in [7, 11) is 0. The third-order valence-electron chi connectivity index (χ3n) is 11.2. The van der Waals surface area contributed by atoms with Crippen molar-refractivity contribution in [2.45, 2.75) is 26.2 Å². The van der Waals surface area contributed by atoms with E-state index in [2.05, 4.69) is 210 Å². The van der Waals surface area contributed by atoms with Crippen LogP contribution in [0.2, 0.25) is 0 Å². The molecule has 258 valence electrons. The Bertz CT molecular complexity index is 2610. The van der Waals surface area contributed by atoms with E-state index in [1.54, 1.807) is 0 Å². The van der Waals surface area contributed by atoms with Gasteiger partial charge in [-0.25, -0.2) is 0 Å². The van der Waals surface area contributed by atoms with Crippen LogP contribution in [0.3, 0.4) is 0 Å². The number of benzene rings is 8. The van der Waals surface area contributed by atoms with E-state index in [0.717, 1.165) is 23.5 Å². The topological polar surface area (TPSA) is 9.72 Å². The molecule has 8 aromatic rings. The Morgan fingerprint density at radius 3 is 1.89 bits per heavy atom. The van der Waals surface area contributed by atoms with Gasteiger partial charge >= 0.3 is 0 Å². The number of aryl methyl sites for hydroxylation is 1. The zero-order valence-corrected chi connectivity index (χ0v) is 30.4. The molecule has 0 aliphatic carbocycles. The van der Waals surface area contributed by atoms with Crippen LogP contribution in [0.15, 0.2) is 188 Å². The summed E-state index contributed by atoms with van der Waals surface area (Å²) < 4.78 is 0. The first-order valence-corrected chi connectivity index (χ1v) is 19.2. The van der Waals surface area contributed by atoms with Crippen LogP contribution in [-0.4, -0.2) is 6.71 Å². The molecule has 0 spiro atoms. The maximum absolute atomic E-state index is 2.52. The number of anilines is 9. The molecular formula is C50H40BN3. The lowest BCUT2D eigenvalue weighted by Gasteiger charge is -2.44. The van der Waals surface area contributed by atoms with E-state index in [1.807, 2.05) is 0 Å². The van der Waals surface area contributed by atoms with Crippen LogP contribution < -0.4 is 31.1 Å². The molecule has 8 aromatic carbocycles. The summed E-state index contributed by atoms with van der Waals surface area (Å²) in [5.74, 6) is 0. The first-order chi connectivity index (χ1) is 26.8. The number of nitrogens with zero attached hydrogens (tertiary/aromatic N) is 3. The van der Waals surface area contributed by atoms with E-state index in [0.29, 0.717) is 0 Å². The average molecular weight is 694 g/mol. The molecule has 4 heteroatoms. The average Bonchev–Trinajstić information content (AvgIpc) is 3.24. The molecule has 0 saturated heterocycles. The minimum Gasteiger partial charge on any atom is -0.311 e. The van der Waals surface area contributed by atoms with Crippen molar-refractivity contribution in [3.05, 3.63) is 194 Å². The number of hydrogen-bond acceptors (Lipinski definition) is 3. The zero-order valence-electron chi connectivity index (χ0n) is 30.4. The normalized spacial score (nSPS) is 12.6. The fourth-order valence-electron chi connectivity index (χ4n) is 8.74. The predicted octanol–water partition coefficient (Wildman–Crippen LogP) is 11.7. The van der Waals surface area contributed by atoms with Crippen LogP contribution >= 0.6 is 0 Å². The first-order valence-electron chi connectivity index (χ1n) is 19.2. The molecule has 0 radical (unpaired) electrons. The summed E-state index contributed by atoms with van der Waals surface area (Å²) in [5, 5.41) is 2.44. The third kappa shape index (κ3) is 5.29. The Hall–Kier alpha value is -6.52. The van der Waals surface area contributed by atoms with E-state index in [1.165, 1.54) is 79.7 Å². The van der Waals surface area contributed by atoms with Gasteiger partial charge in [-0.3, -0.25) is 0 Å². The van der Waals surface area contributed by atoms with E-state index in [9.17, 15) is 0 Å². The quantitative estimate of drug-likeness (QED) is 0.147. The van der Waals surface area contributed by atoms with Crippen molar-refractivity contribution < 1.29 is 0 Å². The van der Waals surface area contributed by atoms with Crippen molar-refractivity contribution in [2.75, 3.05) is 14.7 Å². The molecule has 3 nitrogen and oxygen atoms in total. The maximum Gasteiger partial charge on any atom is 0.252 e. The first kappa shape index (κ1) is 32.2. The van der Waals surface area contributed by atoms with Crippen molar-refractivity contribution >= 4 is 85.1 Å². The van der Waals surface area contributed by atoms with Gasteiger partial charge < -0.3 is 14.7 Å². The van der Waals surface area contributed by atoms with Crippen molar-refractivity contribution in [3.8, 4) is 0 Å². The highest BCUT2D eigenvalue weighted by Gasteiger charge is 2.43.